The summed E-state index contributed by atoms with van der Waals surface area (Å²) >= 11 is 1.51. The maximum Gasteiger partial charge on any atom is 0.326 e. The number of aliphatic carboxylic acids is 1. The molecule has 0 bridgehead atoms. The number of primary amides is 1. The van der Waals surface area contributed by atoms with Crippen LogP contribution in [0.2, 0.25) is 0 Å². The predicted molar refractivity (Wildman–Crippen MR) is 124 cm³/mol. The van der Waals surface area contributed by atoms with Crippen LogP contribution in [0.4, 0.5) is 0 Å². The minimum Gasteiger partial charge on any atom is -0.480 e. The fraction of sp³-hybridized carbons (Fsp3) is 0.750. The van der Waals surface area contributed by atoms with E-state index >= 15 is 0 Å². The van der Waals surface area contributed by atoms with Crippen molar-refractivity contribution < 1.29 is 34.2 Å². The van der Waals surface area contributed by atoms with Gasteiger partial charge in [0.05, 0.1) is 12.1 Å². The van der Waals surface area contributed by atoms with Crippen molar-refractivity contribution in [3.8, 4) is 0 Å². The zero-order valence-corrected chi connectivity index (χ0v) is 20.3. The lowest BCUT2D eigenvalue weighted by Gasteiger charge is -2.27. The molecular weight excluding hydrogens is 454 g/mol. The van der Waals surface area contributed by atoms with Crippen LogP contribution >= 0.6 is 11.8 Å². The van der Waals surface area contributed by atoms with Crippen LogP contribution in [0.15, 0.2) is 0 Å². The summed E-state index contributed by atoms with van der Waals surface area (Å²) in [6.45, 7) is 4.90. The molecule has 0 aromatic heterocycles. The molecule has 0 aromatic carbocycles. The maximum atomic E-state index is 12.8. The molecule has 0 aliphatic carbocycles. The van der Waals surface area contributed by atoms with Gasteiger partial charge in [-0.05, 0) is 44.1 Å². The zero-order chi connectivity index (χ0) is 25.7. The van der Waals surface area contributed by atoms with Gasteiger partial charge in [-0.1, -0.05) is 13.8 Å². The highest BCUT2D eigenvalue weighted by atomic mass is 32.2. The molecule has 0 saturated carbocycles. The highest BCUT2D eigenvalue weighted by Gasteiger charge is 2.32. The number of rotatable bonds is 16. The molecule has 0 aromatic rings. The Labute approximate surface area is 198 Å². The number of carbonyl (C=O) groups excluding carboxylic acids is 4. The van der Waals surface area contributed by atoms with Crippen LogP contribution in [-0.2, 0) is 24.0 Å². The number of nitrogens with one attached hydrogen (secondary N) is 3. The molecule has 0 radical (unpaired) electrons. The van der Waals surface area contributed by atoms with Crippen LogP contribution in [0, 0.1) is 5.92 Å². The molecule has 0 saturated heterocycles. The van der Waals surface area contributed by atoms with E-state index in [1.165, 1.54) is 18.7 Å². The second-order valence-corrected chi connectivity index (χ2v) is 9.20. The first kappa shape index (κ1) is 30.6. The molecule has 0 aliphatic rings. The van der Waals surface area contributed by atoms with Crippen molar-refractivity contribution in [2.75, 3.05) is 12.0 Å². The van der Waals surface area contributed by atoms with Crippen molar-refractivity contribution in [3.63, 3.8) is 0 Å². The second kappa shape index (κ2) is 15.5. The summed E-state index contributed by atoms with van der Waals surface area (Å²) in [6.07, 6.45) is 0.658. The maximum absolute atomic E-state index is 12.8. The molecule has 4 amide bonds. The molecule has 13 heteroatoms. The third kappa shape index (κ3) is 12.4. The normalized spacial score (nSPS) is 15.6. The summed E-state index contributed by atoms with van der Waals surface area (Å²) in [5.74, 6) is -3.71. The Kier molecular flexibility index (Phi) is 14.3. The minimum absolute atomic E-state index is 0.0606. The minimum atomic E-state index is -1.38. The molecule has 5 atom stereocenters. The number of aliphatic hydroxyl groups excluding tert-OH is 1. The lowest BCUT2D eigenvalue weighted by molar-refractivity contribution is -0.142. The van der Waals surface area contributed by atoms with Gasteiger partial charge >= 0.3 is 5.97 Å². The van der Waals surface area contributed by atoms with Crippen molar-refractivity contribution in [2.45, 2.75) is 76.7 Å². The average molecular weight is 492 g/mol. The number of aliphatic hydroxyl groups is 1. The van der Waals surface area contributed by atoms with E-state index in [9.17, 15) is 34.2 Å². The Balaban J connectivity index is 5.39. The summed E-state index contributed by atoms with van der Waals surface area (Å²) < 4.78 is 0. The van der Waals surface area contributed by atoms with Gasteiger partial charge in [-0.15, -0.1) is 0 Å². The van der Waals surface area contributed by atoms with Crippen LogP contribution < -0.4 is 27.4 Å². The lowest BCUT2D eigenvalue weighted by Crippen LogP contribution is -2.60. The van der Waals surface area contributed by atoms with Gasteiger partial charge in [0, 0.05) is 6.42 Å². The standard InChI is InChI=1S/C20H37N5O7S/c1-10(2)9-14(18(29)23-13(20(31)32)5-6-15(22)27)24-19(30)16(11(3)26)25-17(28)12(21)7-8-33-4/h10-14,16,26H,5-9,21H2,1-4H3,(H2,22,27)(H,23,29)(H,24,30)(H,25,28)(H,31,32). The number of carboxylic acid groups (broad SMARTS) is 1. The van der Waals surface area contributed by atoms with E-state index in [4.69, 9.17) is 11.5 Å². The SMILES string of the molecule is CSCCC(N)C(=O)NC(C(=O)NC(CC(C)C)C(=O)NC(CCC(N)=O)C(=O)O)C(C)O. The zero-order valence-electron chi connectivity index (χ0n) is 19.5. The van der Waals surface area contributed by atoms with Crippen LogP contribution in [0.3, 0.4) is 0 Å². The van der Waals surface area contributed by atoms with E-state index in [-0.39, 0.29) is 25.2 Å². The van der Waals surface area contributed by atoms with E-state index in [0.717, 1.165) is 0 Å². The summed E-state index contributed by atoms with van der Waals surface area (Å²) in [5.41, 5.74) is 10.9. The van der Waals surface area contributed by atoms with Crippen molar-refractivity contribution in [2.24, 2.45) is 17.4 Å². The van der Waals surface area contributed by atoms with Crippen LogP contribution in [0.1, 0.15) is 46.5 Å². The summed E-state index contributed by atoms with van der Waals surface area (Å²) in [7, 11) is 0. The molecular formula is C20H37N5O7S. The quantitative estimate of drug-likeness (QED) is 0.131. The van der Waals surface area contributed by atoms with Gasteiger partial charge in [-0.3, -0.25) is 19.2 Å². The second-order valence-electron chi connectivity index (χ2n) is 8.21. The Morgan fingerprint density at radius 1 is 0.909 bits per heavy atom. The average Bonchev–Trinajstić information content (AvgIpc) is 2.70. The van der Waals surface area contributed by atoms with Crippen molar-refractivity contribution in [1.29, 1.82) is 0 Å². The van der Waals surface area contributed by atoms with E-state index in [1.54, 1.807) is 13.8 Å². The number of thioether (sulfide) groups is 1. The first-order chi connectivity index (χ1) is 15.3. The number of carbonyl (C=O) groups is 5. The number of hydrogen-bond acceptors (Lipinski definition) is 8. The largest absolute Gasteiger partial charge is 0.480 e. The van der Waals surface area contributed by atoms with Gasteiger partial charge < -0.3 is 37.6 Å². The van der Waals surface area contributed by atoms with Crippen molar-refractivity contribution >= 4 is 41.4 Å². The van der Waals surface area contributed by atoms with Crippen LogP contribution in [0.25, 0.3) is 0 Å². The molecule has 190 valence electrons. The molecule has 0 heterocycles. The number of carboxylic acids is 1. The van der Waals surface area contributed by atoms with E-state index < -0.39 is 59.9 Å². The molecule has 33 heavy (non-hydrogen) atoms. The summed E-state index contributed by atoms with van der Waals surface area (Å²) in [6, 6.07) is -4.76. The molecule has 12 nitrogen and oxygen atoms in total. The first-order valence-corrected chi connectivity index (χ1v) is 12.0. The molecule has 5 unspecified atom stereocenters. The van der Waals surface area contributed by atoms with Gasteiger partial charge in [0.25, 0.3) is 0 Å². The monoisotopic (exact) mass is 491 g/mol. The van der Waals surface area contributed by atoms with Gasteiger partial charge in [0.1, 0.15) is 18.1 Å². The highest BCUT2D eigenvalue weighted by molar-refractivity contribution is 7.98. The van der Waals surface area contributed by atoms with Gasteiger partial charge in [-0.2, -0.15) is 11.8 Å². The van der Waals surface area contributed by atoms with E-state index in [2.05, 4.69) is 16.0 Å². The lowest BCUT2D eigenvalue weighted by atomic mass is 10.0. The van der Waals surface area contributed by atoms with Gasteiger partial charge in [0.15, 0.2) is 0 Å². The fourth-order valence-electron chi connectivity index (χ4n) is 2.82. The Hall–Kier alpha value is -2.38. The predicted octanol–water partition coefficient (Wildman–Crippen LogP) is -1.70. The van der Waals surface area contributed by atoms with E-state index in [0.29, 0.717) is 12.2 Å². The summed E-state index contributed by atoms with van der Waals surface area (Å²) in [5, 5.41) is 26.5. The Morgan fingerprint density at radius 2 is 1.48 bits per heavy atom. The number of amides is 4. The molecule has 9 N–H and O–H groups in total. The number of hydrogen-bond donors (Lipinski definition) is 7. The first-order valence-electron chi connectivity index (χ1n) is 10.6. The molecule has 0 spiro atoms. The molecule has 0 fully saturated rings. The van der Waals surface area contributed by atoms with Crippen LogP contribution in [0.5, 0.6) is 0 Å². The van der Waals surface area contributed by atoms with Gasteiger partial charge in [-0.25, -0.2) is 4.79 Å². The Morgan fingerprint density at radius 3 is 1.94 bits per heavy atom. The Bertz CT molecular complexity index is 690. The smallest absolute Gasteiger partial charge is 0.326 e. The fourth-order valence-corrected chi connectivity index (χ4v) is 3.31. The third-order valence-corrected chi connectivity index (χ3v) is 5.31. The summed E-state index contributed by atoms with van der Waals surface area (Å²) in [4.78, 5) is 60.2. The van der Waals surface area contributed by atoms with Crippen LogP contribution in [-0.4, -0.2) is 82.1 Å². The van der Waals surface area contributed by atoms with E-state index in [1.807, 2.05) is 6.26 Å². The molecule has 0 aliphatic heterocycles. The topological polar surface area (TPSA) is 214 Å². The highest BCUT2D eigenvalue weighted by Crippen LogP contribution is 2.08. The van der Waals surface area contributed by atoms with Crippen molar-refractivity contribution in [3.05, 3.63) is 0 Å². The van der Waals surface area contributed by atoms with Crippen molar-refractivity contribution in [1.82, 2.24) is 16.0 Å². The number of nitrogens with two attached hydrogens (primary N) is 2. The molecule has 0 rings (SSSR count). The van der Waals surface area contributed by atoms with Gasteiger partial charge in [0.2, 0.25) is 23.6 Å². The third-order valence-electron chi connectivity index (χ3n) is 4.67.